The Morgan fingerprint density at radius 2 is 2.25 bits per heavy atom. The first kappa shape index (κ1) is 10.5. The first-order chi connectivity index (χ1) is 5.70. The minimum atomic E-state index is 0.171. The normalized spacial score (nSPS) is 27.5. The lowest BCUT2D eigenvalue weighted by Crippen LogP contribution is -2.29. The van der Waals surface area contributed by atoms with Gasteiger partial charge >= 0.3 is 0 Å². The van der Waals surface area contributed by atoms with E-state index in [4.69, 9.17) is 9.47 Å². The fraction of sp³-hybridized carbons (Fsp3) is 1.00. The summed E-state index contributed by atoms with van der Waals surface area (Å²) in [6, 6.07) is 0. The number of rotatable bonds is 3. The Morgan fingerprint density at radius 3 is 2.75 bits per heavy atom. The van der Waals surface area contributed by atoms with Crippen molar-refractivity contribution in [3.8, 4) is 0 Å². The Kier molecular flexibility index (Phi) is 4.54. The highest BCUT2D eigenvalue weighted by Crippen LogP contribution is 2.19. The summed E-state index contributed by atoms with van der Waals surface area (Å²) < 4.78 is 11.1. The van der Waals surface area contributed by atoms with Crippen LogP contribution < -0.4 is 0 Å². The van der Waals surface area contributed by atoms with Gasteiger partial charge < -0.3 is 9.47 Å². The molecule has 2 nitrogen and oxygen atoms in total. The van der Waals surface area contributed by atoms with E-state index in [1.807, 2.05) is 0 Å². The zero-order chi connectivity index (χ0) is 8.97. The molecule has 0 N–H and O–H groups in total. The molecule has 1 heterocycles. The second-order valence-corrected chi connectivity index (χ2v) is 4.47. The maximum atomic E-state index is 5.74. The lowest BCUT2D eigenvalue weighted by molar-refractivity contribution is -0.0661. The lowest BCUT2D eigenvalue weighted by Gasteiger charge is -2.26. The van der Waals surface area contributed by atoms with Gasteiger partial charge in [0.2, 0.25) is 0 Å². The monoisotopic (exact) mass is 236 g/mol. The molecular weight excluding hydrogens is 220 g/mol. The molecule has 0 aromatic rings. The van der Waals surface area contributed by atoms with E-state index in [-0.39, 0.29) is 5.01 Å². The molecule has 0 spiro atoms. The van der Waals surface area contributed by atoms with E-state index in [2.05, 4.69) is 29.8 Å². The van der Waals surface area contributed by atoms with Gasteiger partial charge in [-0.05, 0) is 18.8 Å². The third-order valence-electron chi connectivity index (χ3n) is 1.97. The number of ether oxygens (including phenoxy) is 2. The maximum absolute atomic E-state index is 5.74. The molecule has 1 fully saturated rings. The van der Waals surface area contributed by atoms with Gasteiger partial charge in [-0.3, -0.25) is 0 Å². The molecule has 0 amide bonds. The number of hydrogen-bond donors (Lipinski definition) is 0. The molecule has 1 rings (SSSR count). The minimum absolute atomic E-state index is 0.171. The second-order valence-electron chi connectivity index (χ2n) is 3.57. The lowest BCUT2D eigenvalue weighted by atomic mass is 10.1. The first-order valence-corrected chi connectivity index (χ1v) is 5.49. The zero-order valence-corrected chi connectivity index (χ0v) is 9.34. The largest absolute Gasteiger partial charge is 0.379 e. The molecule has 3 heteroatoms. The van der Waals surface area contributed by atoms with Crippen LogP contribution in [-0.4, -0.2) is 24.3 Å². The summed E-state index contributed by atoms with van der Waals surface area (Å²) in [5.41, 5.74) is 0. The SMILES string of the molecule is CC(C)C(Br)OC1CCCOC1. The van der Waals surface area contributed by atoms with Gasteiger partial charge in [0.05, 0.1) is 12.7 Å². The summed E-state index contributed by atoms with van der Waals surface area (Å²) in [4.78, 5) is 0. The van der Waals surface area contributed by atoms with Crippen molar-refractivity contribution < 1.29 is 9.47 Å². The molecule has 1 saturated heterocycles. The summed E-state index contributed by atoms with van der Waals surface area (Å²) in [7, 11) is 0. The smallest absolute Gasteiger partial charge is 0.115 e. The average Bonchev–Trinajstić information content (AvgIpc) is 2.06. The zero-order valence-electron chi connectivity index (χ0n) is 7.75. The van der Waals surface area contributed by atoms with E-state index in [0.717, 1.165) is 26.1 Å². The number of halogens is 1. The van der Waals surface area contributed by atoms with Crippen LogP contribution in [0.25, 0.3) is 0 Å². The van der Waals surface area contributed by atoms with E-state index < -0.39 is 0 Å². The molecule has 2 atom stereocenters. The molecule has 0 aromatic heterocycles. The van der Waals surface area contributed by atoms with Crippen LogP contribution in [0.1, 0.15) is 26.7 Å². The van der Waals surface area contributed by atoms with Gasteiger partial charge in [-0.1, -0.05) is 29.8 Å². The fourth-order valence-corrected chi connectivity index (χ4v) is 1.46. The molecule has 1 aliphatic heterocycles. The third-order valence-corrected chi connectivity index (χ3v) is 3.24. The van der Waals surface area contributed by atoms with Gasteiger partial charge in [0.15, 0.2) is 0 Å². The Morgan fingerprint density at radius 1 is 1.50 bits per heavy atom. The van der Waals surface area contributed by atoms with E-state index >= 15 is 0 Å². The Balaban J connectivity index is 2.20. The molecule has 12 heavy (non-hydrogen) atoms. The van der Waals surface area contributed by atoms with Crippen LogP contribution >= 0.6 is 15.9 Å². The van der Waals surface area contributed by atoms with Crippen molar-refractivity contribution in [1.82, 2.24) is 0 Å². The molecular formula is C9H17BrO2. The van der Waals surface area contributed by atoms with E-state index in [1.165, 1.54) is 0 Å². The summed E-state index contributed by atoms with van der Waals surface area (Å²) in [6.45, 7) is 5.94. The van der Waals surface area contributed by atoms with Crippen molar-refractivity contribution in [3.05, 3.63) is 0 Å². The quantitative estimate of drug-likeness (QED) is 0.702. The minimum Gasteiger partial charge on any atom is -0.379 e. The van der Waals surface area contributed by atoms with Crippen LogP contribution in [0, 0.1) is 5.92 Å². The first-order valence-electron chi connectivity index (χ1n) is 4.57. The maximum Gasteiger partial charge on any atom is 0.115 e. The molecule has 1 aliphatic rings. The standard InChI is InChI=1S/C9H17BrO2/c1-7(2)9(10)12-8-4-3-5-11-6-8/h7-9H,3-6H2,1-2H3. The van der Waals surface area contributed by atoms with Crippen molar-refractivity contribution >= 4 is 15.9 Å². The van der Waals surface area contributed by atoms with Crippen LogP contribution in [0.15, 0.2) is 0 Å². The van der Waals surface area contributed by atoms with E-state index in [9.17, 15) is 0 Å². The van der Waals surface area contributed by atoms with Crippen LogP contribution in [0.3, 0.4) is 0 Å². The second kappa shape index (κ2) is 5.20. The Hall–Kier alpha value is 0.400. The summed E-state index contributed by atoms with van der Waals surface area (Å²) in [5.74, 6) is 0.520. The van der Waals surface area contributed by atoms with Crippen molar-refractivity contribution in [1.29, 1.82) is 0 Å². The molecule has 72 valence electrons. The van der Waals surface area contributed by atoms with Gasteiger partial charge in [-0.2, -0.15) is 0 Å². The number of alkyl halides is 1. The third kappa shape index (κ3) is 3.42. The van der Waals surface area contributed by atoms with Gasteiger partial charge in [-0.25, -0.2) is 0 Å². The molecule has 0 saturated carbocycles. The van der Waals surface area contributed by atoms with Crippen molar-refractivity contribution in [2.75, 3.05) is 13.2 Å². The van der Waals surface area contributed by atoms with Crippen LogP contribution in [0.2, 0.25) is 0 Å². The van der Waals surface area contributed by atoms with Gasteiger partial charge in [0.25, 0.3) is 0 Å². The highest BCUT2D eigenvalue weighted by Gasteiger charge is 2.19. The topological polar surface area (TPSA) is 18.5 Å². The van der Waals surface area contributed by atoms with Gasteiger partial charge in [0.1, 0.15) is 5.01 Å². The molecule has 0 aromatic carbocycles. The Labute approximate surface area is 82.7 Å². The van der Waals surface area contributed by atoms with Crippen LogP contribution in [0.5, 0.6) is 0 Å². The molecule has 0 bridgehead atoms. The van der Waals surface area contributed by atoms with Crippen molar-refractivity contribution in [2.24, 2.45) is 5.92 Å². The molecule has 2 unspecified atom stereocenters. The van der Waals surface area contributed by atoms with Crippen molar-refractivity contribution in [2.45, 2.75) is 37.8 Å². The molecule has 0 radical (unpaired) electrons. The van der Waals surface area contributed by atoms with Crippen LogP contribution in [-0.2, 0) is 9.47 Å². The highest BCUT2D eigenvalue weighted by molar-refractivity contribution is 9.09. The van der Waals surface area contributed by atoms with E-state index in [1.54, 1.807) is 0 Å². The van der Waals surface area contributed by atoms with Crippen molar-refractivity contribution in [3.63, 3.8) is 0 Å². The fourth-order valence-electron chi connectivity index (χ4n) is 1.16. The van der Waals surface area contributed by atoms with E-state index in [0.29, 0.717) is 12.0 Å². The predicted molar refractivity (Wildman–Crippen MR) is 52.5 cm³/mol. The summed E-state index contributed by atoms with van der Waals surface area (Å²) >= 11 is 3.50. The van der Waals surface area contributed by atoms with Gasteiger partial charge in [0, 0.05) is 6.61 Å². The van der Waals surface area contributed by atoms with Crippen LogP contribution in [0.4, 0.5) is 0 Å². The number of hydrogen-bond acceptors (Lipinski definition) is 2. The molecule has 0 aliphatic carbocycles. The summed E-state index contributed by atoms with van der Waals surface area (Å²) in [5, 5.41) is 0.171. The Bertz CT molecular complexity index is 122. The van der Waals surface area contributed by atoms with Gasteiger partial charge in [-0.15, -0.1) is 0 Å². The highest BCUT2D eigenvalue weighted by atomic mass is 79.9. The average molecular weight is 237 g/mol. The predicted octanol–water partition coefficient (Wildman–Crippen LogP) is 2.56. The summed E-state index contributed by atoms with van der Waals surface area (Å²) in [6.07, 6.45) is 2.56.